The van der Waals surface area contributed by atoms with Crippen molar-refractivity contribution >= 4 is 11.5 Å². The molecule has 20 heavy (non-hydrogen) atoms. The first-order valence-electron chi connectivity index (χ1n) is 5.77. The Morgan fingerprint density at radius 1 is 1.25 bits per heavy atom. The SMILES string of the molecule is Cc1cc(C#N)cc(Nc2ccc(OC(F)F)cc2)n1. The molecule has 1 aromatic carbocycles. The minimum Gasteiger partial charge on any atom is -0.435 e. The number of ether oxygens (including phenoxy) is 1. The molecule has 0 aliphatic heterocycles. The van der Waals surface area contributed by atoms with E-state index in [2.05, 4.69) is 15.0 Å². The van der Waals surface area contributed by atoms with Crippen LogP contribution in [0.1, 0.15) is 11.3 Å². The Kier molecular flexibility index (Phi) is 4.11. The third-order valence-electron chi connectivity index (χ3n) is 2.43. The number of hydrogen-bond acceptors (Lipinski definition) is 4. The lowest BCUT2D eigenvalue weighted by molar-refractivity contribution is -0.0498. The van der Waals surface area contributed by atoms with Gasteiger partial charge < -0.3 is 10.1 Å². The van der Waals surface area contributed by atoms with Crippen LogP contribution in [0.3, 0.4) is 0 Å². The highest BCUT2D eigenvalue weighted by Crippen LogP contribution is 2.21. The molecular formula is C14H11F2N3O. The molecule has 0 saturated carbocycles. The molecule has 4 nitrogen and oxygen atoms in total. The van der Waals surface area contributed by atoms with Crippen molar-refractivity contribution in [3.05, 3.63) is 47.7 Å². The van der Waals surface area contributed by atoms with Gasteiger partial charge in [0, 0.05) is 11.4 Å². The van der Waals surface area contributed by atoms with E-state index in [1.165, 1.54) is 12.1 Å². The summed E-state index contributed by atoms with van der Waals surface area (Å²) in [6.07, 6.45) is 0. The molecular weight excluding hydrogens is 264 g/mol. The van der Waals surface area contributed by atoms with Crippen LogP contribution in [0.25, 0.3) is 0 Å². The molecule has 2 rings (SSSR count). The number of hydrogen-bond donors (Lipinski definition) is 1. The van der Waals surface area contributed by atoms with Crippen LogP contribution in [0.2, 0.25) is 0 Å². The first kappa shape index (κ1) is 13.7. The van der Waals surface area contributed by atoms with Gasteiger partial charge in [-0.15, -0.1) is 0 Å². The van der Waals surface area contributed by atoms with Crippen molar-refractivity contribution in [1.82, 2.24) is 4.98 Å². The summed E-state index contributed by atoms with van der Waals surface area (Å²) >= 11 is 0. The number of anilines is 2. The van der Waals surface area contributed by atoms with Gasteiger partial charge in [-0.25, -0.2) is 4.98 Å². The topological polar surface area (TPSA) is 57.9 Å². The molecule has 0 aliphatic rings. The van der Waals surface area contributed by atoms with Crippen molar-refractivity contribution in [3.63, 3.8) is 0 Å². The number of nitriles is 1. The monoisotopic (exact) mass is 275 g/mol. The fourth-order valence-corrected chi connectivity index (χ4v) is 1.66. The highest BCUT2D eigenvalue weighted by Gasteiger charge is 2.04. The van der Waals surface area contributed by atoms with Gasteiger partial charge in [0.05, 0.1) is 11.6 Å². The molecule has 0 fully saturated rings. The first-order chi connectivity index (χ1) is 9.56. The maximum atomic E-state index is 12.0. The second-order valence-corrected chi connectivity index (χ2v) is 4.02. The number of nitrogens with one attached hydrogen (secondary N) is 1. The van der Waals surface area contributed by atoms with E-state index in [0.29, 0.717) is 22.8 Å². The fraction of sp³-hybridized carbons (Fsp3) is 0.143. The average Bonchev–Trinajstić information content (AvgIpc) is 2.39. The predicted molar refractivity (Wildman–Crippen MR) is 70.0 cm³/mol. The number of nitrogens with zero attached hydrogens (tertiary/aromatic N) is 2. The minimum absolute atomic E-state index is 0.0838. The van der Waals surface area contributed by atoms with Crippen LogP contribution in [-0.4, -0.2) is 11.6 Å². The molecule has 0 saturated heterocycles. The van der Waals surface area contributed by atoms with E-state index < -0.39 is 6.61 Å². The van der Waals surface area contributed by atoms with Crippen LogP contribution >= 0.6 is 0 Å². The predicted octanol–water partition coefficient (Wildman–Crippen LogP) is 3.61. The summed E-state index contributed by atoms with van der Waals surface area (Å²) in [5, 5.41) is 11.9. The van der Waals surface area contributed by atoms with E-state index in [1.807, 2.05) is 6.07 Å². The highest BCUT2D eigenvalue weighted by atomic mass is 19.3. The van der Waals surface area contributed by atoms with Gasteiger partial charge in [-0.05, 0) is 43.3 Å². The number of pyridine rings is 1. The second-order valence-electron chi connectivity index (χ2n) is 4.02. The molecule has 0 amide bonds. The molecule has 0 atom stereocenters. The lowest BCUT2D eigenvalue weighted by Gasteiger charge is -2.08. The number of alkyl halides is 2. The smallest absolute Gasteiger partial charge is 0.387 e. The molecule has 1 heterocycles. The van der Waals surface area contributed by atoms with Crippen molar-refractivity contribution in [1.29, 1.82) is 5.26 Å². The van der Waals surface area contributed by atoms with Crippen LogP contribution in [0, 0.1) is 18.3 Å². The number of aryl methyl sites for hydroxylation is 1. The molecule has 102 valence electrons. The van der Waals surface area contributed by atoms with E-state index in [4.69, 9.17) is 5.26 Å². The van der Waals surface area contributed by atoms with Crippen molar-refractivity contribution in [2.75, 3.05) is 5.32 Å². The second kappa shape index (κ2) is 5.97. The Balaban J connectivity index is 2.14. The lowest BCUT2D eigenvalue weighted by atomic mass is 10.2. The normalized spacial score (nSPS) is 10.2. The summed E-state index contributed by atoms with van der Waals surface area (Å²) in [6, 6.07) is 11.4. The Hall–Kier alpha value is -2.68. The molecule has 6 heteroatoms. The van der Waals surface area contributed by atoms with Gasteiger partial charge in [0.15, 0.2) is 0 Å². The third kappa shape index (κ3) is 3.65. The van der Waals surface area contributed by atoms with Crippen molar-refractivity contribution in [2.45, 2.75) is 13.5 Å². The summed E-state index contributed by atoms with van der Waals surface area (Å²) in [7, 11) is 0. The summed E-state index contributed by atoms with van der Waals surface area (Å²) < 4.78 is 28.3. The summed E-state index contributed by atoms with van der Waals surface area (Å²) in [5.41, 5.74) is 1.87. The summed E-state index contributed by atoms with van der Waals surface area (Å²) in [6.45, 7) is -1.06. The van der Waals surface area contributed by atoms with Crippen LogP contribution in [0.4, 0.5) is 20.3 Å². The molecule has 0 aliphatic carbocycles. The number of aromatic nitrogens is 1. The molecule has 0 radical (unpaired) electrons. The van der Waals surface area contributed by atoms with Gasteiger partial charge in [-0.3, -0.25) is 0 Å². The van der Waals surface area contributed by atoms with Crippen molar-refractivity contribution in [3.8, 4) is 11.8 Å². The quantitative estimate of drug-likeness (QED) is 0.926. The fourth-order valence-electron chi connectivity index (χ4n) is 1.66. The van der Waals surface area contributed by atoms with Gasteiger partial charge in [0.25, 0.3) is 0 Å². The molecule has 0 spiro atoms. The van der Waals surface area contributed by atoms with Gasteiger partial charge in [0.2, 0.25) is 0 Å². The van der Waals surface area contributed by atoms with Crippen LogP contribution in [0.15, 0.2) is 36.4 Å². The van der Waals surface area contributed by atoms with Gasteiger partial charge in [-0.1, -0.05) is 0 Å². The molecule has 1 aromatic heterocycles. The maximum absolute atomic E-state index is 12.0. The molecule has 0 bridgehead atoms. The average molecular weight is 275 g/mol. The van der Waals surface area contributed by atoms with E-state index in [9.17, 15) is 8.78 Å². The minimum atomic E-state index is -2.84. The maximum Gasteiger partial charge on any atom is 0.387 e. The van der Waals surface area contributed by atoms with E-state index in [1.54, 1.807) is 31.2 Å². The summed E-state index contributed by atoms with van der Waals surface area (Å²) in [4.78, 5) is 4.23. The molecule has 1 N–H and O–H groups in total. The van der Waals surface area contributed by atoms with E-state index in [-0.39, 0.29) is 5.75 Å². The van der Waals surface area contributed by atoms with Gasteiger partial charge >= 0.3 is 6.61 Å². The van der Waals surface area contributed by atoms with E-state index >= 15 is 0 Å². The Labute approximate surface area is 114 Å². The Morgan fingerprint density at radius 2 is 1.95 bits per heavy atom. The third-order valence-corrected chi connectivity index (χ3v) is 2.43. The van der Waals surface area contributed by atoms with E-state index in [0.717, 1.165) is 0 Å². The highest BCUT2D eigenvalue weighted by molar-refractivity contribution is 5.58. The largest absolute Gasteiger partial charge is 0.435 e. The zero-order valence-corrected chi connectivity index (χ0v) is 10.6. The Morgan fingerprint density at radius 3 is 2.55 bits per heavy atom. The van der Waals surface area contributed by atoms with Crippen molar-refractivity contribution in [2.24, 2.45) is 0 Å². The number of rotatable bonds is 4. The zero-order valence-electron chi connectivity index (χ0n) is 10.6. The summed E-state index contributed by atoms with van der Waals surface area (Å²) in [5.74, 6) is 0.601. The van der Waals surface area contributed by atoms with Crippen molar-refractivity contribution < 1.29 is 13.5 Å². The van der Waals surface area contributed by atoms with Gasteiger partial charge in [0.1, 0.15) is 11.6 Å². The lowest BCUT2D eigenvalue weighted by Crippen LogP contribution is -2.02. The van der Waals surface area contributed by atoms with Gasteiger partial charge in [-0.2, -0.15) is 14.0 Å². The van der Waals surface area contributed by atoms with Crippen LogP contribution in [-0.2, 0) is 0 Å². The number of benzene rings is 1. The standard InChI is InChI=1S/C14H11F2N3O/c1-9-6-10(8-17)7-13(18-9)19-11-2-4-12(5-3-11)20-14(15)16/h2-7,14H,1H3,(H,18,19). The van der Waals surface area contributed by atoms with Crippen LogP contribution < -0.4 is 10.1 Å². The zero-order chi connectivity index (χ0) is 14.5. The molecule has 0 unspecified atom stereocenters. The Bertz CT molecular complexity index is 636. The molecule has 2 aromatic rings. The first-order valence-corrected chi connectivity index (χ1v) is 5.77. The number of halogens is 2. The van der Waals surface area contributed by atoms with Crippen LogP contribution in [0.5, 0.6) is 5.75 Å².